The van der Waals surface area contributed by atoms with Crippen molar-refractivity contribution in [3.05, 3.63) is 21.8 Å². The zero-order valence-corrected chi connectivity index (χ0v) is 11.9. The van der Waals surface area contributed by atoms with Crippen LogP contribution in [0.15, 0.2) is 18.2 Å². The Bertz CT molecular complexity index is 359. The van der Waals surface area contributed by atoms with Crippen LogP contribution < -0.4 is 10.6 Å². The molecule has 0 aliphatic heterocycles. The van der Waals surface area contributed by atoms with Crippen LogP contribution in [0.25, 0.3) is 0 Å². The lowest BCUT2D eigenvalue weighted by atomic mass is 10.1. The lowest BCUT2D eigenvalue weighted by Crippen LogP contribution is -2.33. The summed E-state index contributed by atoms with van der Waals surface area (Å²) in [5.41, 5.74) is 8.01. The molecule has 0 aromatic heterocycles. The van der Waals surface area contributed by atoms with Crippen molar-refractivity contribution < 1.29 is 0 Å². The third-order valence-electron chi connectivity index (χ3n) is 3.39. The van der Waals surface area contributed by atoms with Crippen LogP contribution in [0.1, 0.15) is 32.6 Å². The Morgan fingerprint density at radius 2 is 2.06 bits per heavy atom. The van der Waals surface area contributed by atoms with Gasteiger partial charge in [0.05, 0.1) is 5.69 Å². The van der Waals surface area contributed by atoms with Gasteiger partial charge in [-0.2, -0.15) is 0 Å². The summed E-state index contributed by atoms with van der Waals surface area (Å²) in [5, 5.41) is 0. The van der Waals surface area contributed by atoms with E-state index in [9.17, 15) is 0 Å². The first-order valence-corrected chi connectivity index (χ1v) is 7.12. The molecule has 1 aromatic carbocycles. The Labute approximate surface area is 111 Å². The van der Waals surface area contributed by atoms with Gasteiger partial charge in [0.2, 0.25) is 0 Å². The SMILES string of the molecule is CCN(c1ccc(N)cc1I)C1CCCC1. The Morgan fingerprint density at radius 3 is 2.62 bits per heavy atom. The van der Waals surface area contributed by atoms with Crippen molar-refractivity contribution >= 4 is 34.0 Å². The standard InChI is InChI=1S/C13H19IN2/c1-2-16(11-5-3-4-6-11)13-8-7-10(15)9-12(13)14/h7-9,11H,2-6,15H2,1H3. The smallest absolute Gasteiger partial charge is 0.0505 e. The Balaban J connectivity index is 2.25. The van der Waals surface area contributed by atoms with Gasteiger partial charge in [0.25, 0.3) is 0 Å². The fourth-order valence-electron chi connectivity index (χ4n) is 2.60. The van der Waals surface area contributed by atoms with E-state index < -0.39 is 0 Å². The molecule has 1 aliphatic carbocycles. The molecule has 0 radical (unpaired) electrons. The summed E-state index contributed by atoms with van der Waals surface area (Å²) in [5.74, 6) is 0. The lowest BCUT2D eigenvalue weighted by Gasteiger charge is -2.31. The van der Waals surface area contributed by atoms with Gasteiger partial charge in [0.1, 0.15) is 0 Å². The largest absolute Gasteiger partial charge is 0.399 e. The highest BCUT2D eigenvalue weighted by molar-refractivity contribution is 14.1. The Kier molecular flexibility index (Phi) is 3.95. The fraction of sp³-hybridized carbons (Fsp3) is 0.538. The number of halogens is 1. The molecule has 1 aromatic rings. The third kappa shape index (κ3) is 2.44. The minimum absolute atomic E-state index is 0.738. The molecule has 88 valence electrons. The fourth-order valence-corrected chi connectivity index (χ4v) is 3.45. The number of nitrogens with zero attached hydrogens (tertiary/aromatic N) is 1. The molecule has 0 heterocycles. The Hall–Kier alpha value is -0.450. The predicted molar refractivity (Wildman–Crippen MR) is 78.8 cm³/mol. The molecule has 2 N–H and O–H groups in total. The third-order valence-corrected chi connectivity index (χ3v) is 4.25. The molecule has 0 amide bonds. The average Bonchev–Trinajstić information content (AvgIpc) is 2.75. The highest BCUT2D eigenvalue weighted by Crippen LogP contribution is 2.31. The normalized spacial score (nSPS) is 16.6. The zero-order chi connectivity index (χ0) is 11.5. The summed E-state index contributed by atoms with van der Waals surface area (Å²) in [4.78, 5) is 2.54. The van der Waals surface area contributed by atoms with Crippen LogP contribution in [0.3, 0.4) is 0 Å². The van der Waals surface area contributed by atoms with Gasteiger partial charge in [0, 0.05) is 21.8 Å². The highest BCUT2D eigenvalue weighted by atomic mass is 127. The first kappa shape index (κ1) is 12.0. The molecule has 0 bridgehead atoms. The Morgan fingerprint density at radius 1 is 1.38 bits per heavy atom. The van der Waals surface area contributed by atoms with Crippen LogP contribution in [-0.2, 0) is 0 Å². The second-order valence-electron chi connectivity index (χ2n) is 4.44. The van der Waals surface area contributed by atoms with Crippen molar-refractivity contribution in [2.75, 3.05) is 17.2 Å². The predicted octanol–water partition coefficient (Wildman–Crippen LogP) is 3.64. The second-order valence-corrected chi connectivity index (χ2v) is 5.60. The van der Waals surface area contributed by atoms with Crippen molar-refractivity contribution in [3.8, 4) is 0 Å². The van der Waals surface area contributed by atoms with E-state index in [2.05, 4.69) is 46.5 Å². The molecule has 1 fully saturated rings. The molecule has 0 spiro atoms. The molecule has 3 heteroatoms. The topological polar surface area (TPSA) is 29.3 Å². The van der Waals surface area contributed by atoms with Gasteiger partial charge in [-0.25, -0.2) is 0 Å². The first-order valence-electron chi connectivity index (χ1n) is 6.04. The number of anilines is 2. The molecular formula is C13H19IN2. The van der Waals surface area contributed by atoms with Gasteiger partial charge in [-0.1, -0.05) is 12.8 Å². The van der Waals surface area contributed by atoms with E-state index >= 15 is 0 Å². The van der Waals surface area contributed by atoms with E-state index in [-0.39, 0.29) is 0 Å². The van der Waals surface area contributed by atoms with Crippen LogP contribution in [0.5, 0.6) is 0 Å². The average molecular weight is 330 g/mol. The van der Waals surface area contributed by atoms with Gasteiger partial charge < -0.3 is 10.6 Å². The van der Waals surface area contributed by atoms with Gasteiger partial charge in [0.15, 0.2) is 0 Å². The summed E-state index contributed by atoms with van der Waals surface area (Å²) in [6.45, 7) is 3.33. The quantitative estimate of drug-likeness (QED) is 0.677. The maximum atomic E-state index is 5.80. The van der Waals surface area contributed by atoms with Crippen molar-refractivity contribution in [1.82, 2.24) is 0 Å². The molecule has 16 heavy (non-hydrogen) atoms. The highest BCUT2D eigenvalue weighted by Gasteiger charge is 2.22. The molecule has 1 saturated carbocycles. The molecular weight excluding hydrogens is 311 g/mol. The van der Waals surface area contributed by atoms with Crippen molar-refractivity contribution in [3.63, 3.8) is 0 Å². The number of benzene rings is 1. The first-order chi connectivity index (χ1) is 7.72. The van der Waals surface area contributed by atoms with E-state index in [4.69, 9.17) is 5.73 Å². The lowest BCUT2D eigenvalue weighted by molar-refractivity contribution is 0.619. The van der Waals surface area contributed by atoms with E-state index in [1.165, 1.54) is 34.9 Å². The van der Waals surface area contributed by atoms with Gasteiger partial charge in [-0.3, -0.25) is 0 Å². The molecule has 0 unspecified atom stereocenters. The molecule has 2 rings (SSSR count). The van der Waals surface area contributed by atoms with E-state index in [0.717, 1.165) is 18.3 Å². The maximum Gasteiger partial charge on any atom is 0.0505 e. The second kappa shape index (κ2) is 5.25. The van der Waals surface area contributed by atoms with Gasteiger partial charge in [-0.05, 0) is 60.6 Å². The van der Waals surface area contributed by atoms with Crippen molar-refractivity contribution in [1.29, 1.82) is 0 Å². The summed E-state index contributed by atoms with van der Waals surface area (Å²) in [6, 6.07) is 6.98. The summed E-state index contributed by atoms with van der Waals surface area (Å²) < 4.78 is 1.27. The van der Waals surface area contributed by atoms with E-state index in [1.54, 1.807) is 0 Å². The minimum Gasteiger partial charge on any atom is -0.399 e. The zero-order valence-electron chi connectivity index (χ0n) is 9.75. The number of hydrogen-bond donors (Lipinski definition) is 1. The van der Waals surface area contributed by atoms with E-state index in [0.29, 0.717) is 0 Å². The van der Waals surface area contributed by atoms with E-state index in [1.807, 2.05) is 6.07 Å². The monoisotopic (exact) mass is 330 g/mol. The van der Waals surface area contributed by atoms with Crippen molar-refractivity contribution in [2.45, 2.75) is 38.6 Å². The van der Waals surface area contributed by atoms with Crippen LogP contribution in [0.2, 0.25) is 0 Å². The number of rotatable bonds is 3. The van der Waals surface area contributed by atoms with Gasteiger partial charge in [-0.15, -0.1) is 0 Å². The number of hydrogen-bond acceptors (Lipinski definition) is 2. The van der Waals surface area contributed by atoms with Crippen molar-refractivity contribution in [2.24, 2.45) is 0 Å². The van der Waals surface area contributed by atoms with Crippen LogP contribution >= 0.6 is 22.6 Å². The molecule has 0 saturated heterocycles. The molecule has 2 nitrogen and oxygen atoms in total. The van der Waals surface area contributed by atoms with Gasteiger partial charge >= 0.3 is 0 Å². The summed E-state index contributed by atoms with van der Waals surface area (Å²) >= 11 is 2.39. The summed E-state index contributed by atoms with van der Waals surface area (Å²) in [6.07, 6.45) is 5.45. The summed E-state index contributed by atoms with van der Waals surface area (Å²) in [7, 11) is 0. The van der Waals surface area contributed by atoms with Crippen LogP contribution in [0, 0.1) is 3.57 Å². The number of nitrogens with two attached hydrogens (primary N) is 1. The van der Waals surface area contributed by atoms with Crippen LogP contribution in [-0.4, -0.2) is 12.6 Å². The molecule has 0 atom stereocenters. The maximum absolute atomic E-state index is 5.80. The minimum atomic E-state index is 0.738. The van der Waals surface area contributed by atoms with Crippen LogP contribution in [0.4, 0.5) is 11.4 Å². The number of nitrogen functional groups attached to an aromatic ring is 1. The molecule has 1 aliphatic rings.